The Morgan fingerprint density at radius 2 is 2.07 bits per heavy atom. The lowest BCUT2D eigenvalue weighted by atomic mass is 10.1. The van der Waals surface area contributed by atoms with E-state index in [0.29, 0.717) is 13.2 Å². The SMILES string of the molecule is Clc1ccc(C(CBr)OC2COC2)cc1. The molecule has 1 aliphatic heterocycles. The molecule has 82 valence electrons. The molecule has 4 heteroatoms. The van der Waals surface area contributed by atoms with Crippen molar-refractivity contribution in [2.24, 2.45) is 0 Å². The zero-order valence-corrected chi connectivity index (χ0v) is 10.5. The van der Waals surface area contributed by atoms with Crippen LogP contribution in [0, 0.1) is 0 Å². The summed E-state index contributed by atoms with van der Waals surface area (Å²) in [5.41, 5.74) is 1.14. The van der Waals surface area contributed by atoms with E-state index in [1.807, 2.05) is 24.3 Å². The molecule has 0 aliphatic carbocycles. The van der Waals surface area contributed by atoms with Crippen molar-refractivity contribution in [2.75, 3.05) is 18.5 Å². The van der Waals surface area contributed by atoms with E-state index in [-0.39, 0.29) is 12.2 Å². The van der Waals surface area contributed by atoms with Gasteiger partial charge >= 0.3 is 0 Å². The molecule has 1 aromatic rings. The number of alkyl halides is 1. The molecule has 0 spiro atoms. The maximum Gasteiger partial charge on any atom is 0.105 e. The average Bonchev–Trinajstić information content (AvgIpc) is 2.19. The van der Waals surface area contributed by atoms with Gasteiger partial charge in [0.25, 0.3) is 0 Å². The van der Waals surface area contributed by atoms with Gasteiger partial charge in [-0.2, -0.15) is 0 Å². The predicted molar refractivity (Wildman–Crippen MR) is 63.7 cm³/mol. The van der Waals surface area contributed by atoms with E-state index in [2.05, 4.69) is 15.9 Å². The van der Waals surface area contributed by atoms with E-state index in [0.717, 1.165) is 15.9 Å². The first-order valence-electron chi connectivity index (χ1n) is 4.84. The number of rotatable bonds is 4. The maximum absolute atomic E-state index is 5.85. The zero-order chi connectivity index (χ0) is 10.7. The van der Waals surface area contributed by atoms with Gasteiger partial charge in [0.2, 0.25) is 0 Å². The van der Waals surface area contributed by atoms with Crippen LogP contribution in [0.5, 0.6) is 0 Å². The number of benzene rings is 1. The van der Waals surface area contributed by atoms with Crippen LogP contribution in [-0.4, -0.2) is 24.6 Å². The van der Waals surface area contributed by atoms with Crippen molar-refractivity contribution in [3.8, 4) is 0 Å². The van der Waals surface area contributed by atoms with Crippen LogP contribution in [0.1, 0.15) is 11.7 Å². The maximum atomic E-state index is 5.85. The highest BCUT2D eigenvalue weighted by Crippen LogP contribution is 2.24. The summed E-state index contributed by atoms with van der Waals surface area (Å²) in [6.07, 6.45) is 0.319. The first kappa shape index (κ1) is 11.4. The van der Waals surface area contributed by atoms with Gasteiger partial charge in [-0.1, -0.05) is 39.7 Å². The smallest absolute Gasteiger partial charge is 0.105 e. The molecule has 0 N–H and O–H groups in total. The molecule has 1 heterocycles. The summed E-state index contributed by atoms with van der Waals surface area (Å²) in [4.78, 5) is 0. The van der Waals surface area contributed by atoms with Gasteiger partial charge < -0.3 is 9.47 Å². The average molecular weight is 292 g/mol. The molecule has 15 heavy (non-hydrogen) atoms. The van der Waals surface area contributed by atoms with Gasteiger partial charge in [0.1, 0.15) is 6.10 Å². The van der Waals surface area contributed by atoms with E-state index in [1.54, 1.807) is 0 Å². The Balaban J connectivity index is 2.01. The molecule has 0 aromatic heterocycles. The summed E-state index contributed by atoms with van der Waals surface area (Å²) in [7, 11) is 0. The third-order valence-corrected chi connectivity index (χ3v) is 3.19. The second-order valence-electron chi connectivity index (χ2n) is 3.49. The van der Waals surface area contributed by atoms with Crippen molar-refractivity contribution in [3.63, 3.8) is 0 Å². The highest BCUT2D eigenvalue weighted by atomic mass is 79.9. The second-order valence-corrected chi connectivity index (χ2v) is 4.57. The van der Waals surface area contributed by atoms with Gasteiger partial charge in [-0.3, -0.25) is 0 Å². The molecular formula is C11H12BrClO2. The van der Waals surface area contributed by atoms with Crippen LogP contribution in [-0.2, 0) is 9.47 Å². The third-order valence-electron chi connectivity index (χ3n) is 2.35. The van der Waals surface area contributed by atoms with Crippen LogP contribution in [0.3, 0.4) is 0 Å². The fourth-order valence-electron chi connectivity index (χ4n) is 1.41. The molecule has 1 saturated heterocycles. The molecule has 1 aromatic carbocycles. The van der Waals surface area contributed by atoms with Crippen molar-refractivity contribution in [2.45, 2.75) is 12.2 Å². The summed E-state index contributed by atoms with van der Waals surface area (Å²) in [5, 5.41) is 1.53. The van der Waals surface area contributed by atoms with Gasteiger partial charge in [0.15, 0.2) is 0 Å². The summed E-state index contributed by atoms with van der Waals surface area (Å²) >= 11 is 9.29. The first-order valence-corrected chi connectivity index (χ1v) is 6.34. The second kappa shape index (κ2) is 5.30. The molecule has 1 fully saturated rings. The van der Waals surface area contributed by atoms with Crippen LogP contribution in [0.25, 0.3) is 0 Å². The largest absolute Gasteiger partial charge is 0.376 e. The Hall–Kier alpha value is -0.0900. The minimum Gasteiger partial charge on any atom is -0.376 e. The Labute approximate surface area is 103 Å². The van der Waals surface area contributed by atoms with Crippen LogP contribution in [0.15, 0.2) is 24.3 Å². The first-order chi connectivity index (χ1) is 7.29. The molecule has 0 amide bonds. The fraction of sp³-hybridized carbons (Fsp3) is 0.455. The zero-order valence-electron chi connectivity index (χ0n) is 8.16. The predicted octanol–water partition coefficient (Wildman–Crippen LogP) is 3.19. The van der Waals surface area contributed by atoms with Gasteiger partial charge in [-0.25, -0.2) is 0 Å². The van der Waals surface area contributed by atoms with Crippen molar-refractivity contribution < 1.29 is 9.47 Å². The van der Waals surface area contributed by atoms with Gasteiger partial charge in [0.05, 0.1) is 19.3 Å². The molecule has 0 radical (unpaired) electrons. The number of halogens is 2. The fourth-order valence-corrected chi connectivity index (χ4v) is 2.06. The number of hydrogen-bond donors (Lipinski definition) is 0. The Bertz CT molecular complexity index is 311. The van der Waals surface area contributed by atoms with E-state index >= 15 is 0 Å². The number of ether oxygens (including phenoxy) is 2. The molecule has 2 rings (SSSR count). The van der Waals surface area contributed by atoms with E-state index in [9.17, 15) is 0 Å². The molecule has 0 bridgehead atoms. The lowest BCUT2D eigenvalue weighted by Crippen LogP contribution is -2.37. The van der Waals surface area contributed by atoms with Gasteiger partial charge in [-0.05, 0) is 17.7 Å². The van der Waals surface area contributed by atoms with E-state index < -0.39 is 0 Å². The molecule has 1 aliphatic rings. The Kier molecular flexibility index (Phi) is 4.03. The van der Waals surface area contributed by atoms with Crippen LogP contribution in [0.2, 0.25) is 5.02 Å². The minimum atomic E-state index is 0.0798. The molecule has 1 unspecified atom stereocenters. The molecular weight excluding hydrogens is 279 g/mol. The van der Waals surface area contributed by atoms with Crippen LogP contribution in [0.4, 0.5) is 0 Å². The lowest BCUT2D eigenvalue weighted by Gasteiger charge is -2.30. The third kappa shape index (κ3) is 2.94. The summed E-state index contributed by atoms with van der Waals surface area (Å²) in [6, 6.07) is 7.75. The number of hydrogen-bond acceptors (Lipinski definition) is 2. The van der Waals surface area contributed by atoms with Crippen molar-refractivity contribution in [3.05, 3.63) is 34.9 Å². The van der Waals surface area contributed by atoms with Gasteiger partial charge in [0, 0.05) is 10.4 Å². The Morgan fingerprint density at radius 1 is 1.40 bits per heavy atom. The molecule has 1 atom stereocenters. The van der Waals surface area contributed by atoms with Crippen LogP contribution < -0.4 is 0 Å². The lowest BCUT2D eigenvalue weighted by molar-refractivity contribution is -0.150. The quantitative estimate of drug-likeness (QED) is 0.793. The minimum absolute atomic E-state index is 0.0798. The highest BCUT2D eigenvalue weighted by molar-refractivity contribution is 9.09. The van der Waals surface area contributed by atoms with Crippen molar-refractivity contribution >= 4 is 27.5 Å². The Morgan fingerprint density at radius 3 is 2.53 bits per heavy atom. The van der Waals surface area contributed by atoms with Gasteiger partial charge in [-0.15, -0.1) is 0 Å². The van der Waals surface area contributed by atoms with E-state index in [1.165, 1.54) is 0 Å². The topological polar surface area (TPSA) is 18.5 Å². The van der Waals surface area contributed by atoms with Crippen LogP contribution >= 0.6 is 27.5 Å². The summed E-state index contributed by atoms with van der Waals surface area (Å²) in [5.74, 6) is 0. The molecule has 2 nitrogen and oxygen atoms in total. The highest BCUT2D eigenvalue weighted by Gasteiger charge is 2.23. The van der Waals surface area contributed by atoms with E-state index in [4.69, 9.17) is 21.1 Å². The normalized spacial score (nSPS) is 18.5. The molecule has 0 saturated carbocycles. The monoisotopic (exact) mass is 290 g/mol. The van der Waals surface area contributed by atoms with Crippen molar-refractivity contribution in [1.29, 1.82) is 0 Å². The van der Waals surface area contributed by atoms with Crippen molar-refractivity contribution in [1.82, 2.24) is 0 Å². The summed E-state index contributed by atoms with van der Waals surface area (Å²) in [6.45, 7) is 1.41. The summed E-state index contributed by atoms with van der Waals surface area (Å²) < 4.78 is 10.9. The standard InChI is InChI=1S/C11H12BrClO2/c12-5-11(15-10-6-14-7-10)8-1-3-9(13)4-2-8/h1-4,10-11H,5-7H2.